The Labute approximate surface area is 186 Å². The topological polar surface area (TPSA) is 72.8 Å². The van der Waals surface area contributed by atoms with Crippen LogP contribution in [0.2, 0.25) is 0 Å². The van der Waals surface area contributed by atoms with Crippen molar-refractivity contribution in [1.82, 2.24) is 19.7 Å². The molecule has 4 rings (SSSR count). The Morgan fingerprint density at radius 3 is 2.58 bits per heavy atom. The van der Waals surface area contributed by atoms with Gasteiger partial charge in [-0.25, -0.2) is 0 Å². The van der Waals surface area contributed by atoms with Gasteiger partial charge in [0.2, 0.25) is 0 Å². The number of nitrogens with zero attached hydrogens (tertiary/aromatic N) is 3. The summed E-state index contributed by atoms with van der Waals surface area (Å²) in [5.41, 5.74) is 3.61. The van der Waals surface area contributed by atoms with Gasteiger partial charge in [-0.3, -0.25) is 4.79 Å². The molecule has 0 aliphatic carbocycles. The lowest BCUT2D eigenvalue weighted by Crippen LogP contribution is -2.09. The van der Waals surface area contributed by atoms with Gasteiger partial charge >= 0.3 is 0 Å². The number of hydrogen-bond acceptors (Lipinski definition) is 5. The van der Waals surface area contributed by atoms with Crippen LogP contribution in [0.5, 0.6) is 5.75 Å². The summed E-state index contributed by atoms with van der Waals surface area (Å²) in [4.78, 5) is 16.4. The van der Waals surface area contributed by atoms with E-state index in [0.717, 1.165) is 51.0 Å². The van der Waals surface area contributed by atoms with Crippen molar-refractivity contribution in [2.24, 2.45) is 5.92 Å². The zero-order chi connectivity index (χ0) is 22.0. The average Bonchev–Trinajstić information content (AvgIpc) is 3.31. The van der Waals surface area contributed by atoms with Gasteiger partial charge in [-0.15, -0.1) is 10.2 Å². The number of para-hydroxylation sites is 1. The molecule has 0 fully saturated rings. The number of aromatic nitrogens is 4. The van der Waals surface area contributed by atoms with E-state index in [9.17, 15) is 4.79 Å². The fourth-order valence-corrected chi connectivity index (χ4v) is 4.54. The summed E-state index contributed by atoms with van der Waals surface area (Å²) >= 11 is 1.44. The number of aromatic amines is 1. The molecule has 2 heterocycles. The fraction of sp³-hybridized carbons (Fsp3) is 0.292. The van der Waals surface area contributed by atoms with Crippen LogP contribution in [0.4, 0.5) is 0 Å². The first-order valence-electron chi connectivity index (χ1n) is 10.3. The Balaban J connectivity index is 1.59. The van der Waals surface area contributed by atoms with Gasteiger partial charge in [-0.05, 0) is 43.2 Å². The van der Waals surface area contributed by atoms with E-state index in [-0.39, 0.29) is 5.78 Å². The lowest BCUT2D eigenvalue weighted by molar-refractivity contribution is 0.102. The van der Waals surface area contributed by atoms with Crippen molar-refractivity contribution < 1.29 is 9.53 Å². The van der Waals surface area contributed by atoms with Crippen molar-refractivity contribution in [3.8, 4) is 17.1 Å². The number of nitrogens with one attached hydrogen (secondary N) is 1. The number of hydrogen-bond donors (Lipinski definition) is 1. The molecule has 31 heavy (non-hydrogen) atoms. The first-order valence-corrected chi connectivity index (χ1v) is 11.3. The maximum atomic E-state index is 13.1. The smallest absolute Gasteiger partial charge is 0.191 e. The molecule has 0 spiro atoms. The summed E-state index contributed by atoms with van der Waals surface area (Å²) in [6, 6.07) is 15.7. The second kappa shape index (κ2) is 8.98. The van der Waals surface area contributed by atoms with Crippen LogP contribution >= 0.6 is 11.8 Å². The molecule has 0 amide bonds. The molecule has 1 N–H and O–H groups in total. The lowest BCUT2D eigenvalue weighted by Gasteiger charge is -2.12. The predicted molar refractivity (Wildman–Crippen MR) is 125 cm³/mol. The highest BCUT2D eigenvalue weighted by atomic mass is 32.2. The molecule has 0 radical (unpaired) electrons. The zero-order valence-corrected chi connectivity index (χ0v) is 19.0. The molecular weight excluding hydrogens is 408 g/mol. The predicted octanol–water partition coefficient (Wildman–Crippen LogP) is 5.37. The third-order valence-electron chi connectivity index (χ3n) is 5.12. The van der Waals surface area contributed by atoms with Crippen molar-refractivity contribution in [2.75, 3.05) is 12.9 Å². The van der Waals surface area contributed by atoms with E-state index in [2.05, 4.69) is 33.6 Å². The van der Waals surface area contributed by atoms with Gasteiger partial charge in [0.05, 0.1) is 12.9 Å². The minimum atomic E-state index is 0.0880. The molecule has 2 aromatic carbocycles. The number of methoxy groups -OCH3 is 1. The fourth-order valence-electron chi connectivity index (χ4n) is 3.72. The van der Waals surface area contributed by atoms with E-state index in [4.69, 9.17) is 4.74 Å². The van der Waals surface area contributed by atoms with Gasteiger partial charge in [0.1, 0.15) is 5.75 Å². The van der Waals surface area contributed by atoms with Crippen molar-refractivity contribution in [2.45, 2.75) is 32.5 Å². The second-order valence-electron chi connectivity index (χ2n) is 7.92. The first-order chi connectivity index (χ1) is 15.0. The quantitative estimate of drug-likeness (QED) is 0.298. The van der Waals surface area contributed by atoms with Crippen molar-refractivity contribution in [3.05, 3.63) is 59.8 Å². The molecule has 0 aliphatic rings. The van der Waals surface area contributed by atoms with E-state index in [0.29, 0.717) is 11.7 Å². The number of benzene rings is 2. The van der Waals surface area contributed by atoms with E-state index in [1.54, 1.807) is 7.11 Å². The number of carbonyl (C=O) groups is 1. The molecule has 160 valence electrons. The van der Waals surface area contributed by atoms with Crippen LogP contribution in [0.15, 0.2) is 53.7 Å². The molecule has 6 nitrogen and oxygen atoms in total. The van der Waals surface area contributed by atoms with Gasteiger partial charge in [0.15, 0.2) is 16.8 Å². The molecule has 0 unspecified atom stereocenters. The summed E-state index contributed by atoms with van der Waals surface area (Å²) in [5.74, 6) is 2.41. The Hall–Kier alpha value is -3.06. The molecule has 0 atom stereocenters. The number of aryl methyl sites for hydroxylation is 1. The summed E-state index contributed by atoms with van der Waals surface area (Å²) in [6.07, 6.45) is 0. The summed E-state index contributed by atoms with van der Waals surface area (Å²) < 4.78 is 7.36. The number of H-pyrrole nitrogens is 1. The van der Waals surface area contributed by atoms with Gasteiger partial charge in [-0.1, -0.05) is 43.8 Å². The maximum Gasteiger partial charge on any atom is 0.191 e. The molecule has 7 heteroatoms. The summed E-state index contributed by atoms with van der Waals surface area (Å²) in [6.45, 7) is 7.04. The van der Waals surface area contributed by atoms with Crippen LogP contribution in [0.25, 0.3) is 22.3 Å². The maximum absolute atomic E-state index is 13.1. The Morgan fingerprint density at radius 1 is 1.13 bits per heavy atom. The number of fused-ring (bicyclic) bond motifs is 1. The van der Waals surface area contributed by atoms with Crippen LogP contribution in [0.3, 0.4) is 0 Å². The van der Waals surface area contributed by atoms with Crippen molar-refractivity contribution in [1.29, 1.82) is 0 Å². The molecule has 0 bridgehead atoms. The van der Waals surface area contributed by atoms with E-state index < -0.39 is 0 Å². The van der Waals surface area contributed by atoms with Crippen molar-refractivity contribution >= 4 is 28.4 Å². The minimum absolute atomic E-state index is 0.0880. The van der Waals surface area contributed by atoms with Gasteiger partial charge in [0, 0.05) is 34.3 Å². The van der Waals surface area contributed by atoms with Crippen LogP contribution in [0.1, 0.15) is 29.9 Å². The van der Waals surface area contributed by atoms with Crippen LogP contribution in [0, 0.1) is 12.8 Å². The number of carbonyl (C=O) groups excluding carboxylic acids is 1. The highest BCUT2D eigenvalue weighted by Gasteiger charge is 2.20. The summed E-state index contributed by atoms with van der Waals surface area (Å²) in [5, 5.41) is 10.6. The number of ether oxygens (including phenoxy) is 1. The molecule has 0 saturated carbocycles. The van der Waals surface area contributed by atoms with Gasteiger partial charge < -0.3 is 14.3 Å². The number of Topliss-reactive ketones (excluding diaryl/α,β-unsaturated/α-hetero) is 1. The average molecular weight is 435 g/mol. The number of thioether (sulfide) groups is 1. The Morgan fingerprint density at radius 2 is 1.87 bits per heavy atom. The van der Waals surface area contributed by atoms with Gasteiger partial charge in [-0.2, -0.15) is 0 Å². The van der Waals surface area contributed by atoms with E-state index in [1.807, 2.05) is 55.5 Å². The van der Waals surface area contributed by atoms with Crippen LogP contribution < -0.4 is 4.74 Å². The third-order valence-corrected chi connectivity index (χ3v) is 6.08. The normalized spacial score (nSPS) is 11.4. The first kappa shape index (κ1) is 21.2. The van der Waals surface area contributed by atoms with Crippen LogP contribution in [-0.4, -0.2) is 38.4 Å². The second-order valence-corrected chi connectivity index (χ2v) is 8.86. The van der Waals surface area contributed by atoms with Crippen LogP contribution in [-0.2, 0) is 6.54 Å². The number of rotatable bonds is 8. The Kier molecular flexibility index (Phi) is 6.13. The standard InChI is InChI=1S/C24H26N4O2S/c1-15(2)13-28-23(17-9-11-18(30-4)12-10-17)26-27-24(28)31-14-21(29)22-16(3)25-20-8-6-5-7-19(20)22/h5-12,15,25H,13-14H2,1-4H3. The molecule has 2 aromatic heterocycles. The lowest BCUT2D eigenvalue weighted by atomic mass is 10.1. The van der Waals surface area contributed by atoms with Crippen molar-refractivity contribution in [3.63, 3.8) is 0 Å². The summed E-state index contributed by atoms with van der Waals surface area (Å²) in [7, 11) is 1.65. The Bertz CT molecular complexity index is 1210. The molecular formula is C24H26N4O2S. The third kappa shape index (κ3) is 4.37. The molecule has 0 saturated heterocycles. The van der Waals surface area contributed by atoms with E-state index >= 15 is 0 Å². The van der Waals surface area contributed by atoms with Gasteiger partial charge in [0.25, 0.3) is 0 Å². The zero-order valence-electron chi connectivity index (χ0n) is 18.2. The largest absolute Gasteiger partial charge is 0.497 e. The highest BCUT2D eigenvalue weighted by Crippen LogP contribution is 2.29. The van der Waals surface area contributed by atoms with E-state index in [1.165, 1.54) is 11.8 Å². The highest BCUT2D eigenvalue weighted by molar-refractivity contribution is 7.99. The number of ketones is 1. The minimum Gasteiger partial charge on any atom is -0.497 e. The SMILES string of the molecule is COc1ccc(-c2nnc(SCC(=O)c3c(C)[nH]c4ccccc34)n2CC(C)C)cc1. The monoisotopic (exact) mass is 434 g/mol. The molecule has 0 aliphatic heterocycles. The molecule has 4 aromatic rings.